The van der Waals surface area contributed by atoms with Crippen LogP contribution in [0, 0.1) is 5.41 Å². The molecule has 2 amide bonds. The van der Waals surface area contributed by atoms with Crippen molar-refractivity contribution in [2.75, 3.05) is 22.1 Å². The van der Waals surface area contributed by atoms with E-state index in [2.05, 4.69) is 10.6 Å². The topological polar surface area (TPSA) is 61.4 Å². The maximum Gasteiger partial charge on any atom is 0.246 e. The molecule has 2 N–H and O–H groups in total. The summed E-state index contributed by atoms with van der Waals surface area (Å²) in [7, 11) is 0. The van der Waals surface area contributed by atoms with Crippen molar-refractivity contribution in [1.82, 2.24) is 0 Å². The fourth-order valence-electron chi connectivity index (χ4n) is 2.61. The number of amides is 2. The quantitative estimate of drug-likeness (QED) is 0.789. The lowest BCUT2D eigenvalue weighted by Crippen LogP contribution is -2.40. The molecule has 0 spiro atoms. The Labute approximate surface area is 161 Å². The highest BCUT2D eigenvalue weighted by Crippen LogP contribution is 2.21. The van der Waals surface area contributed by atoms with Gasteiger partial charge in [0.25, 0.3) is 0 Å². The molecule has 0 bridgehead atoms. The third-order valence-electron chi connectivity index (χ3n) is 4.06. The Morgan fingerprint density at radius 2 is 1.59 bits per heavy atom. The number of anilines is 3. The number of rotatable bonds is 6. The Morgan fingerprint density at radius 1 is 0.963 bits per heavy atom. The lowest BCUT2D eigenvalue weighted by molar-refractivity contribution is -0.123. The van der Waals surface area contributed by atoms with Crippen molar-refractivity contribution in [3.63, 3.8) is 0 Å². The summed E-state index contributed by atoms with van der Waals surface area (Å²) in [6.07, 6.45) is 0. The predicted octanol–water partition coefficient (Wildman–Crippen LogP) is 4.52. The second-order valence-electron chi connectivity index (χ2n) is 7.83. The number of para-hydroxylation sites is 1. The van der Waals surface area contributed by atoms with Crippen LogP contribution in [0.25, 0.3) is 0 Å². The van der Waals surface area contributed by atoms with Crippen LogP contribution in [0.5, 0.6) is 0 Å². The number of nitrogens with zero attached hydrogens (tertiary/aromatic N) is 1. The van der Waals surface area contributed by atoms with Crippen molar-refractivity contribution in [3.8, 4) is 0 Å². The minimum absolute atomic E-state index is 0.0136. The zero-order chi connectivity index (χ0) is 20.0. The highest BCUT2D eigenvalue weighted by atomic mass is 16.2. The summed E-state index contributed by atoms with van der Waals surface area (Å²) in [6.45, 7) is 9.76. The molecule has 0 aromatic heterocycles. The van der Waals surface area contributed by atoms with E-state index in [4.69, 9.17) is 0 Å². The van der Waals surface area contributed by atoms with Gasteiger partial charge in [-0.3, -0.25) is 9.59 Å². The summed E-state index contributed by atoms with van der Waals surface area (Å²) in [5, 5.41) is 6.06. The van der Waals surface area contributed by atoms with E-state index in [0.29, 0.717) is 5.69 Å². The van der Waals surface area contributed by atoms with Gasteiger partial charge in [0.2, 0.25) is 11.8 Å². The summed E-state index contributed by atoms with van der Waals surface area (Å²) >= 11 is 0. The van der Waals surface area contributed by atoms with Gasteiger partial charge in [-0.25, -0.2) is 0 Å². The molecule has 2 rings (SSSR count). The van der Waals surface area contributed by atoms with Gasteiger partial charge < -0.3 is 15.5 Å². The monoisotopic (exact) mass is 367 g/mol. The van der Waals surface area contributed by atoms with E-state index >= 15 is 0 Å². The van der Waals surface area contributed by atoms with Crippen molar-refractivity contribution >= 4 is 28.9 Å². The predicted molar refractivity (Wildman–Crippen MR) is 112 cm³/mol. The van der Waals surface area contributed by atoms with E-state index in [-0.39, 0.29) is 24.4 Å². The van der Waals surface area contributed by atoms with Gasteiger partial charge in [0.1, 0.15) is 0 Å². The van der Waals surface area contributed by atoms with Gasteiger partial charge >= 0.3 is 0 Å². The molecule has 0 aliphatic carbocycles. The number of benzene rings is 2. The molecule has 0 saturated heterocycles. The molecule has 144 valence electrons. The number of nitrogens with one attached hydrogen (secondary N) is 2. The Balaban J connectivity index is 2.04. The Hall–Kier alpha value is -2.82. The first-order valence-electron chi connectivity index (χ1n) is 9.21. The minimum atomic E-state index is -0.465. The van der Waals surface area contributed by atoms with Gasteiger partial charge in [0, 0.05) is 28.5 Å². The van der Waals surface area contributed by atoms with Crippen LogP contribution in [-0.4, -0.2) is 24.4 Å². The zero-order valence-electron chi connectivity index (χ0n) is 16.7. The standard InChI is InChI=1S/C22H29N3O2/c1-16(2)25(19-12-7-6-8-13-19)20(26)15-23-17-10-9-11-18(14-17)24-21(27)22(3,4)5/h6-14,16,23H,15H2,1-5H3,(H,24,27). The van der Waals surface area contributed by atoms with Crippen LogP contribution in [0.1, 0.15) is 34.6 Å². The first-order chi connectivity index (χ1) is 12.7. The van der Waals surface area contributed by atoms with Crippen molar-refractivity contribution in [3.05, 3.63) is 54.6 Å². The number of carbonyl (C=O) groups excluding carboxylic acids is 2. The second-order valence-corrected chi connectivity index (χ2v) is 7.83. The first kappa shape index (κ1) is 20.5. The van der Waals surface area contributed by atoms with Gasteiger partial charge in [0.05, 0.1) is 6.54 Å². The van der Waals surface area contributed by atoms with Crippen LogP contribution >= 0.6 is 0 Å². The summed E-state index contributed by atoms with van der Waals surface area (Å²) in [4.78, 5) is 26.7. The molecule has 5 heteroatoms. The van der Waals surface area contributed by atoms with Crippen LogP contribution in [0.2, 0.25) is 0 Å². The van der Waals surface area contributed by atoms with E-state index in [9.17, 15) is 9.59 Å². The summed E-state index contributed by atoms with van der Waals surface area (Å²) in [5.74, 6) is -0.0638. The fraction of sp³-hybridized carbons (Fsp3) is 0.364. The highest BCUT2D eigenvalue weighted by molar-refractivity contribution is 5.97. The zero-order valence-corrected chi connectivity index (χ0v) is 16.7. The summed E-state index contributed by atoms with van der Waals surface area (Å²) < 4.78 is 0. The van der Waals surface area contributed by atoms with Gasteiger partial charge in [-0.15, -0.1) is 0 Å². The Bertz CT molecular complexity index is 780. The van der Waals surface area contributed by atoms with E-state index in [1.165, 1.54) is 0 Å². The average molecular weight is 367 g/mol. The van der Waals surface area contributed by atoms with Gasteiger partial charge in [-0.1, -0.05) is 45.0 Å². The third-order valence-corrected chi connectivity index (χ3v) is 4.06. The molecule has 0 radical (unpaired) electrons. The van der Waals surface area contributed by atoms with Crippen molar-refractivity contribution in [2.24, 2.45) is 5.41 Å². The smallest absolute Gasteiger partial charge is 0.246 e. The molecule has 0 heterocycles. The minimum Gasteiger partial charge on any atom is -0.376 e. The van der Waals surface area contributed by atoms with Crippen LogP contribution in [0.15, 0.2) is 54.6 Å². The van der Waals surface area contributed by atoms with Crippen LogP contribution < -0.4 is 15.5 Å². The Kier molecular flexibility index (Phi) is 6.61. The number of carbonyl (C=O) groups is 2. The summed E-state index contributed by atoms with van der Waals surface area (Å²) in [6, 6.07) is 17.1. The molecule has 27 heavy (non-hydrogen) atoms. The van der Waals surface area contributed by atoms with Crippen LogP contribution in [0.4, 0.5) is 17.1 Å². The molecule has 2 aromatic rings. The fourth-order valence-corrected chi connectivity index (χ4v) is 2.61. The maximum atomic E-state index is 12.7. The van der Waals surface area contributed by atoms with Gasteiger partial charge in [0.15, 0.2) is 0 Å². The molecule has 0 aliphatic rings. The maximum absolute atomic E-state index is 12.7. The third kappa shape index (κ3) is 5.84. The first-order valence-corrected chi connectivity index (χ1v) is 9.21. The van der Waals surface area contributed by atoms with E-state index in [1.807, 2.05) is 89.2 Å². The van der Waals surface area contributed by atoms with E-state index < -0.39 is 5.41 Å². The lowest BCUT2D eigenvalue weighted by atomic mass is 9.95. The second kappa shape index (κ2) is 8.71. The molecule has 0 saturated carbocycles. The van der Waals surface area contributed by atoms with E-state index in [1.54, 1.807) is 4.90 Å². The molecular weight excluding hydrogens is 338 g/mol. The number of hydrogen-bond acceptors (Lipinski definition) is 3. The summed E-state index contributed by atoms with van der Waals surface area (Å²) in [5.41, 5.74) is 1.90. The van der Waals surface area contributed by atoms with Crippen molar-refractivity contribution < 1.29 is 9.59 Å². The molecule has 0 atom stereocenters. The van der Waals surface area contributed by atoms with Crippen LogP contribution in [-0.2, 0) is 9.59 Å². The highest BCUT2D eigenvalue weighted by Gasteiger charge is 2.21. The average Bonchev–Trinajstić information content (AvgIpc) is 2.60. The molecular formula is C22H29N3O2. The SMILES string of the molecule is CC(C)N(C(=O)CNc1cccc(NC(=O)C(C)(C)C)c1)c1ccccc1. The normalized spacial score (nSPS) is 11.2. The van der Waals surface area contributed by atoms with Gasteiger partial charge in [-0.05, 0) is 44.2 Å². The molecule has 2 aromatic carbocycles. The van der Waals surface area contributed by atoms with Crippen molar-refractivity contribution in [2.45, 2.75) is 40.7 Å². The molecule has 0 unspecified atom stereocenters. The lowest BCUT2D eigenvalue weighted by Gasteiger charge is -2.27. The molecule has 0 aliphatic heterocycles. The molecule has 0 fully saturated rings. The molecule has 5 nitrogen and oxygen atoms in total. The Morgan fingerprint density at radius 3 is 2.19 bits per heavy atom. The van der Waals surface area contributed by atoms with Crippen molar-refractivity contribution in [1.29, 1.82) is 0 Å². The largest absolute Gasteiger partial charge is 0.376 e. The van der Waals surface area contributed by atoms with Crippen LogP contribution in [0.3, 0.4) is 0 Å². The van der Waals surface area contributed by atoms with E-state index in [0.717, 1.165) is 11.4 Å². The van der Waals surface area contributed by atoms with Gasteiger partial charge in [-0.2, -0.15) is 0 Å². The number of hydrogen-bond donors (Lipinski definition) is 2.